The molecule has 188 valence electrons. The van der Waals surface area contributed by atoms with E-state index >= 15 is 0 Å². The van der Waals surface area contributed by atoms with Gasteiger partial charge < -0.3 is 14.4 Å². The normalized spacial score (nSPS) is 18.6. The summed E-state index contributed by atoms with van der Waals surface area (Å²) in [5.41, 5.74) is 5.76. The summed E-state index contributed by atoms with van der Waals surface area (Å²) in [6, 6.07) is 6.65. The molecule has 0 atom stereocenters. The molecule has 1 aliphatic carbocycles. The summed E-state index contributed by atoms with van der Waals surface area (Å²) in [5.74, 6) is 1.38. The van der Waals surface area contributed by atoms with Gasteiger partial charge in [0.15, 0.2) is 0 Å². The smallest absolute Gasteiger partial charge is 0.257 e. The number of morpholine rings is 1. The lowest BCUT2D eigenvalue weighted by atomic mass is 9.90. The number of piperidine rings is 1. The van der Waals surface area contributed by atoms with Crippen molar-refractivity contribution in [3.8, 4) is 23.0 Å². The minimum absolute atomic E-state index is 0.0366. The fourth-order valence-corrected chi connectivity index (χ4v) is 5.69. The van der Waals surface area contributed by atoms with Crippen LogP contribution in [0.15, 0.2) is 30.6 Å². The van der Waals surface area contributed by atoms with Crippen molar-refractivity contribution < 1.29 is 14.3 Å². The number of nitrogens with zero attached hydrogens (tertiary/aromatic N) is 6. The highest BCUT2D eigenvalue weighted by Gasteiger charge is 2.30. The van der Waals surface area contributed by atoms with E-state index in [4.69, 9.17) is 14.5 Å². The minimum Gasteiger partial charge on any atom is -0.497 e. The second-order valence-corrected chi connectivity index (χ2v) is 9.79. The van der Waals surface area contributed by atoms with Gasteiger partial charge in [0.1, 0.15) is 5.75 Å². The van der Waals surface area contributed by atoms with Crippen LogP contribution >= 0.6 is 0 Å². The number of methoxy groups -OCH3 is 1. The first-order valence-corrected chi connectivity index (χ1v) is 12.8. The second kappa shape index (κ2) is 9.63. The SMILES string of the molecule is COc1ccc2c(c1)CCc1cnc(-n3ncc(C(=O)N4CCC(N5CCOCC5)CC4)c3C)nc1-2. The zero-order valence-corrected chi connectivity index (χ0v) is 20.9. The van der Waals surface area contributed by atoms with E-state index in [1.54, 1.807) is 18.0 Å². The Morgan fingerprint density at radius 2 is 1.83 bits per heavy atom. The van der Waals surface area contributed by atoms with Gasteiger partial charge in [-0.1, -0.05) is 0 Å². The highest BCUT2D eigenvalue weighted by molar-refractivity contribution is 5.95. The lowest BCUT2D eigenvalue weighted by molar-refractivity contribution is 0.00158. The molecule has 4 heterocycles. The maximum Gasteiger partial charge on any atom is 0.257 e. The maximum atomic E-state index is 13.4. The van der Waals surface area contributed by atoms with Crippen molar-refractivity contribution in [2.75, 3.05) is 46.5 Å². The van der Waals surface area contributed by atoms with Gasteiger partial charge in [0.2, 0.25) is 0 Å². The predicted molar refractivity (Wildman–Crippen MR) is 135 cm³/mol. The highest BCUT2D eigenvalue weighted by Crippen LogP contribution is 2.34. The number of rotatable bonds is 4. The van der Waals surface area contributed by atoms with Gasteiger partial charge in [-0.25, -0.2) is 14.6 Å². The van der Waals surface area contributed by atoms with E-state index in [0.717, 1.165) is 93.3 Å². The average molecular weight is 489 g/mol. The molecule has 0 unspecified atom stereocenters. The molecule has 0 radical (unpaired) electrons. The van der Waals surface area contributed by atoms with Crippen LogP contribution in [0.25, 0.3) is 17.2 Å². The number of hydrogen-bond donors (Lipinski definition) is 0. The van der Waals surface area contributed by atoms with Gasteiger partial charge in [-0.2, -0.15) is 5.10 Å². The van der Waals surface area contributed by atoms with Crippen molar-refractivity contribution in [2.24, 2.45) is 0 Å². The van der Waals surface area contributed by atoms with Gasteiger partial charge in [0, 0.05) is 44.0 Å². The maximum absolute atomic E-state index is 13.4. The van der Waals surface area contributed by atoms with E-state index in [-0.39, 0.29) is 5.91 Å². The van der Waals surface area contributed by atoms with E-state index in [9.17, 15) is 4.79 Å². The predicted octanol–water partition coefficient (Wildman–Crippen LogP) is 2.68. The van der Waals surface area contributed by atoms with Gasteiger partial charge in [-0.15, -0.1) is 0 Å². The lowest BCUT2D eigenvalue weighted by Crippen LogP contribution is -2.50. The molecular formula is C27H32N6O3. The molecule has 2 saturated heterocycles. The molecule has 3 aromatic rings. The summed E-state index contributed by atoms with van der Waals surface area (Å²) >= 11 is 0. The van der Waals surface area contributed by atoms with Crippen LogP contribution in [0.5, 0.6) is 5.75 Å². The topological polar surface area (TPSA) is 85.6 Å². The van der Waals surface area contributed by atoms with Crippen LogP contribution in [0, 0.1) is 6.92 Å². The molecule has 9 heteroatoms. The monoisotopic (exact) mass is 488 g/mol. The largest absolute Gasteiger partial charge is 0.497 e. The number of carbonyl (C=O) groups excluding carboxylic acids is 1. The first-order chi connectivity index (χ1) is 17.6. The van der Waals surface area contributed by atoms with Crippen LogP contribution in [0.1, 0.15) is 40.0 Å². The molecule has 1 aromatic carbocycles. The van der Waals surface area contributed by atoms with E-state index in [1.807, 2.05) is 24.1 Å². The summed E-state index contributed by atoms with van der Waals surface area (Å²) in [6.45, 7) is 7.04. The van der Waals surface area contributed by atoms with Gasteiger partial charge >= 0.3 is 0 Å². The van der Waals surface area contributed by atoms with Crippen LogP contribution in [-0.4, -0.2) is 88.0 Å². The fourth-order valence-electron chi connectivity index (χ4n) is 5.69. The minimum atomic E-state index is 0.0366. The van der Waals surface area contributed by atoms with Crippen molar-refractivity contribution in [1.82, 2.24) is 29.5 Å². The van der Waals surface area contributed by atoms with Crippen molar-refractivity contribution >= 4 is 5.91 Å². The number of ether oxygens (including phenoxy) is 2. The first-order valence-electron chi connectivity index (χ1n) is 12.8. The summed E-state index contributed by atoms with van der Waals surface area (Å²) in [5, 5.41) is 4.52. The molecule has 0 saturated carbocycles. The van der Waals surface area contributed by atoms with Crippen LogP contribution < -0.4 is 4.74 Å². The molecule has 0 N–H and O–H groups in total. The summed E-state index contributed by atoms with van der Waals surface area (Å²) in [4.78, 5) is 27.4. The third-order valence-electron chi connectivity index (χ3n) is 7.83. The third-order valence-corrected chi connectivity index (χ3v) is 7.83. The molecule has 2 fully saturated rings. The van der Waals surface area contributed by atoms with Gasteiger partial charge in [-0.05, 0) is 61.9 Å². The molecule has 6 rings (SSSR count). The molecule has 0 bridgehead atoms. The first kappa shape index (κ1) is 23.1. The Kier molecular flexibility index (Phi) is 6.18. The summed E-state index contributed by atoms with van der Waals surface area (Å²) in [7, 11) is 1.69. The van der Waals surface area contributed by atoms with E-state index < -0.39 is 0 Å². The molecule has 36 heavy (non-hydrogen) atoms. The summed E-state index contributed by atoms with van der Waals surface area (Å²) < 4.78 is 12.6. The summed E-state index contributed by atoms with van der Waals surface area (Å²) in [6.07, 6.45) is 7.37. The number of likely N-dealkylation sites (tertiary alicyclic amines) is 1. The van der Waals surface area contributed by atoms with Crippen LogP contribution in [0.4, 0.5) is 0 Å². The Bertz CT molecular complexity index is 1270. The van der Waals surface area contributed by atoms with Crippen LogP contribution in [0.2, 0.25) is 0 Å². The Morgan fingerprint density at radius 1 is 1.06 bits per heavy atom. The van der Waals surface area contributed by atoms with Crippen LogP contribution in [-0.2, 0) is 17.6 Å². The fraction of sp³-hybridized carbons (Fsp3) is 0.481. The zero-order valence-electron chi connectivity index (χ0n) is 20.9. The average Bonchev–Trinajstić information content (AvgIpc) is 3.33. The number of benzene rings is 1. The lowest BCUT2D eigenvalue weighted by Gasteiger charge is -2.40. The number of carbonyl (C=O) groups is 1. The highest BCUT2D eigenvalue weighted by atomic mass is 16.5. The van der Waals surface area contributed by atoms with Gasteiger partial charge in [0.25, 0.3) is 11.9 Å². The number of amides is 1. The molecular weight excluding hydrogens is 456 g/mol. The molecule has 0 spiro atoms. The standard InChI is InChI=1S/C27H32N6O3/c1-18-24(26(34)32-9-7-21(8-10-32)31-11-13-36-14-12-31)17-29-33(18)27-28-16-20-4-3-19-15-22(35-2)5-6-23(19)25(20)30-27/h5-6,15-17,21H,3-4,7-14H2,1-2H3. The molecule has 2 aliphatic heterocycles. The Hall–Kier alpha value is -3.30. The van der Waals surface area contributed by atoms with Gasteiger partial charge in [0.05, 0.1) is 43.5 Å². The number of fused-ring (bicyclic) bond motifs is 3. The van der Waals surface area contributed by atoms with Crippen molar-refractivity contribution in [3.05, 3.63) is 53.0 Å². The molecule has 3 aliphatic rings. The Balaban J connectivity index is 1.21. The van der Waals surface area contributed by atoms with Crippen LogP contribution in [0.3, 0.4) is 0 Å². The van der Waals surface area contributed by atoms with Crippen molar-refractivity contribution in [3.63, 3.8) is 0 Å². The zero-order chi connectivity index (χ0) is 24.6. The molecule has 1 amide bonds. The van der Waals surface area contributed by atoms with E-state index in [0.29, 0.717) is 17.6 Å². The van der Waals surface area contributed by atoms with E-state index in [1.165, 1.54) is 5.56 Å². The van der Waals surface area contributed by atoms with Crippen molar-refractivity contribution in [2.45, 2.75) is 38.6 Å². The van der Waals surface area contributed by atoms with Crippen molar-refractivity contribution in [1.29, 1.82) is 0 Å². The third kappa shape index (κ3) is 4.16. The quantitative estimate of drug-likeness (QED) is 0.558. The molecule has 2 aromatic heterocycles. The number of aryl methyl sites for hydroxylation is 2. The van der Waals surface area contributed by atoms with E-state index in [2.05, 4.69) is 27.1 Å². The molecule has 9 nitrogen and oxygen atoms in total. The Labute approximate surface area is 211 Å². The van der Waals surface area contributed by atoms with Gasteiger partial charge in [-0.3, -0.25) is 9.69 Å². The number of aromatic nitrogens is 4. The Morgan fingerprint density at radius 3 is 2.61 bits per heavy atom. The second-order valence-electron chi connectivity index (χ2n) is 9.79. The number of hydrogen-bond acceptors (Lipinski definition) is 7.